The summed E-state index contributed by atoms with van der Waals surface area (Å²) in [4.78, 5) is 28.0. The highest BCUT2D eigenvalue weighted by Gasteiger charge is 2.28. The van der Waals surface area contributed by atoms with Gasteiger partial charge in [0.15, 0.2) is 10.9 Å². The van der Waals surface area contributed by atoms with Crippen LogP contribution in [0.2, 0.25) is 0 Å². The Morgan fingerprint density at radius 3 is 2.68 bits per heavy atom. The summed E-state index contributed by atoms with van der Waals surface area (Å²) in [6.45, 7) is 1.11. The third-order valence-corrected chi connectivity index (χ3v) is 7.96. The molecule has 10 heteroatoms. The molecular weight excluding hydrogens is 452 g/mol. The van der Waals surface area contributed by atoms with E-state index in [1.165, 1.54) is 16.2 Å². The van der Waals surface area contributed by atoms with Gasteiger partial charge in [0, 0.05) is 29.6 Å². The van der Waals surface area contributed by atoms with Crippen molar-refractivity contribution in [1.29, 1.82) is 0 Å². The van der Waals surface area contributed by atoms with Crippen LogP contribution in [0.3, 0.4) is 0 Å². The second-order valence-corrected chi connectivity index (χ2v) is 10.2. The van der Waals surface area contributed by atoms with E-state index in [1.54, 1.807) is 28.0 Å². The standard InChI is InChI=1S/C21H22N4O3S3/c26-18(13-28-16-5-2-1-3-6-16)25-10-8-15(9-11-25)19(27)22-20-23-24-21(31-20)30-14-17-7-4-12-29-17/h1-7,12,15H,8-11,13-14H2,(H,22,23,27). The minimum atomic E-state index is -0.134. The van der Waals surface area contributed by atoms with Gasteiger partial charge < -0.3 is 15.0 Å². The average molecular weight is 475 g/mol. The molecule has 1 aliphatic rings. The van der Waals surface area contributed by atoms with Crippen LogP contribution in [0.1, 0.15) is 17.7 Å². The van der Waals surface area contributed by atoms with Crippen molar-refractivity contribution in [3.63, 3.8) is 0 Å². The highest BCUT2D eigenvalue weighted by atomic mass is 32.2. The van der Waals surface area contributed by atoms with Crippen LogP contribution >= 0.6 is 34.4 Å². The molecule has 0 spiro atoms. The fourth-order valence-corrected chi connectivity index (χ4v) is 5.73. The molecule has 3 heterocycles. The number of hydrogen-bond donors (Lipinski definition) is 1. The summed E-state index contributed by atoms with van der Waals surface area (Å²) in [6, 6.07) is 13.4. The third-order valence-electron chi connectivity index (χ3n) is 4.88. The molecular formula is C21H22N4O3S3. The molecule has 0 bridgehead atoms. The van der Waals surface area contributed by atoms with E-state index in [0.29, 0.717) is 36.8 Å². The zero-order valence-electron chi connectivity index (χ0n) is 16.7. The minimum absolute atomic E-state index is 0.0115. The summed E-state index contributed by atoms with van der Waals surface area (Å²) < 4.78 is 6.37. The molecule has 2 aromatic heterocycles. The van der Waals surface area contributed by atoms with Crippen LogP contribution in [0.15, 0.2) is 52.2 Å². The van der Waals surface area contributed by atoms with Crippen LogP contribution < -0.4 is 10.1 Å². The number of nitrogens with zero attached hydrogens (tertiary/aromatic N) is 3. The predicted octanol–water partition coefficient (Wildman–Crippen LogP) is 4.15. The van der Waals surface area contributed by atoms with Gasteiger partial charge in [-0.3, -0.25) is 9.59 Å². The van der Waals surface area contributed by atoms with Crippen molar-refractivity contribution < 1.29 is 14.3 Å². The van der Waals surface area contributed by atoms with E-state index in [0.717, 1.165) is 10.1 Å². The second-order valence-electron chi connectivity index (χ2n) is 6.99. The first-order valence-corrected chi connectivity index (χ1v) is 12.6. The number of para-hydroxylation sites is 1. The van der Waals surface area contributed by atoms with Crippen LogP contribution in [0.25, 0.3) is 0 Å². The van der Waals surface area contributed by atoms with Gasteiger partial charge in [-0.2, -0.15) is 0 Å². The molecule has 0 unspecified atom stereocenters. The molecule has 1 fully saturated rings. The van der Waals surface area contributed by atoms with Gasteiger partial charge in [0.05, 0.1) is 0 Å². The number of nitrogens with one attached hydrogen (secondary N) is 1. The third kappa shape index (κ3) is 6.28. The predicted molar refractivity (Wildman–Crippen MR) is 124 cm³/mol. The van der Waals surface area contributed by atoms with Crippen molar-refractivity contribution in [2.24, 2.45) is 5.92 Å². The molecule has 1 N–H and O–H groups in total. The molecule has 162 valence electrons. The van der Waals surface area contributed by atoms with E-state index >= 15 is 0 Å². The van der Waals surface area contributed by atoms with Crippen molar-refractivity contribution in [1.82, 2.24) is 15.1 Å². The molecule has 1 aromatic carbocycles. The Labute approximate surface area is 192 Å². The van der Waals surface area contributed by atoms with Gasteiger partial charge in [0.1, 0.15) is 5.75 Å². The highest BCUT2D eigenvalue weighted by molar-refractivity contribution is 8.00. The number of aromatic nitrogens is 2. The van der Waals surface area contributed by atoms with Gasteiger partial charge in [0.2, 0.25) is 11.0 Å². The summed E-state index contributed by atoms with van der Waals surface area (Å²) in [5.41, 5.74) is 0. The Hall–Kier alpha value is -2.43. The van der Waals surface area contributed by atoms with Crippen molar-refractivity contribution in [3.8, 4) is 5.75 Å². The Morgan fingerprint density at radius 2 is 1.94 bits per heavy atom. The maximum atomic E-state index is 12.6. The topological polar surface area (TPSA) is 84.4 Å². The van der Waals surface area contributed by atoms with E-state index in [9.17, 15) is 9.59 Å². The molecule has 31 heavy (non-hydrogen) atoms. The van der Waals surface area contributed by atoms with Crippen LogP contribution in [0.4, 0.5) is 5.13 Å². The number of anilines is 1. The number of piperidine rings is 1. The van der Waals surface area contributed by atoms with Gasteiger partial charge in [0.25, 0.3) is 5.91 Å². The zero-order valence-corrected chi connectivity index (χ0v) is 19.2. The number of carbonyl (C=O) groups excluding carboxylic acids is 2. The number of rotatable bonds is 8. The van der Waals surface area contributed by atoms with Gasteiger partial charge in [-0.25, -0.2) is 0 Å². The van der Waals surface area contributed by atoms with Crippen LogP contribution in [0.5, 0.6) is 5.75 Å². The van der Waals surface area contributed by atoms with Crippen LogP contribution in [-0.4, -0.2) is 46.6 Å². The van der Waals surface area contributed by atoms with E-state index in [1.807, 2.05) is 36.4 Å². The van der Waals surface area contributed by atoms with Gasteiger partial charge in [-0.15, -0.1) is 21.5 Å². The van der Waals surface area contributed by atoms with Gasteiger partial charge in [-0.05, 0) is 36.4 Å². The van der Waals surface area contributed by atoms with Gasteiger partial charge >= 0.3 is 0 Å². The lowest BCUT2D eigenvalue weighted by Gasteiger charge is -2.31. The Morgan fingerprint density at radius 1 is 1.13 bits per heavy atom. The summed E-state index contributed by atoms with van der Waals surface area (Å²) in [5, 5.41) is 13.7. The lowest BCUT2D eigenvalue weighted by molar-refractivity contribution is -0.136. The number of likely N-dealkylation sites (tertiary alicyclic amines) is 1. The first kappa shape index (κ1) is 21.8. The number of thiophene rings is 1. The lowest BCUT2D eigenvalue weighted by Crippen LogP contribution is -2.43. The van der Waals surface area contributed by atoms with Crippen LogP contribution in [-0.2, 0) is 15.3 Å². The molecule has 0 aliphatic carbocycles. The Kier molecular flexibility index (Phi) is 7.55. The number of hydrogen-bond acceptors (Lipinski definition) is 8. The number of ether oxygens (including phenoxy) is 1. The Balaban J connectivity index is 1.19. The number of benzene rings is 1. The highest BCUT2D eigenvalue weighted by Crippen LogP contribution is 2.30. The maximum Gasteiger partial charge on any atom is 0.260 e. The average Bonchev–Trinajstić information content (AvgIpc) is 3.49. The molecule has 3 aromatic rings. The zero-order chi connectivity index (χ0) is 21.5. The van der Waals surface area contributed by atoms with Crippen molar-refractivity contribution in [3.05, 3.63) is 52.7 Å². The quantitative estimate of drug-likeness (QED) is 0.390. The largest absolute Gasteiger partial charge is 0.484 e. The summed E-state index contributed by atoms with van der Waals surface area (Å²) in [7, 11) is 0. The molecule has 0 atom stereocenters. The molecule has 0 saturated carbocycles. The molecule has 1 aliphatic heterocycles. The second kappa shape index (κ2) is 10.7. The van der Waals surface area contributed by atoms with Crippen LogP contribution in [0, 0.1) is 5.92 Å². The molecule has 4 rings (SSSR count). The van der Waals surface area contributed by atoms with E-state index in [-0.39, 0.29) is 24.3 Å². The van der Waals surface area contributed by atoms with Crippen molar-refractivity contribution in [2.75, 3.05) is 25.0 Å². The maximum absolute atomic E-state index is 12.6. The smallest absolute Gasteiger partial charge is 0.260 e. The van der Waals surface area contributed by atoms with Gasteiger partial charge in [-0.1, -0.05) is 47.4 Å². The van der Waals surface area contributed by atoms with Crippen molar-refractivity contribution >= 4 is 51.4 Å². The van der Waals surface area contributed by atoms with E-state index < -0.39 is 0 Å². The summed E-state index contributed by atoms with van der Waals surface area (Å²) >= 11 is 4.72. The van der Waals surface area contributed by atoms with E-state index in [2.05, 4.69) is 27.0 Å². The summed E-state index contributed by atoms with van der Waals surface area (Å²) in [5.74, 6) is 1.28. The molecule has 2 amide bonds. The molecule has 7 nitrogen and oxygen atoms in total. The normalized spacial score (nSPS) is 14.4. The minimum Gasteiger partial charge on any atom is -0.484 e. The number of thioether (sulfide) groups is 1. The van der Waals surface area contributed by atoms with Crippen molar-refractivity contribution in [2.45, 2.75) is 22.9 Å². The fourth-order valence-electron chi connectivity index (χ4n) is 3.20. The first-order chi connectivity index (χ1) is 15.2. The molecule has 1 saturated heterocycles. The number of carbonyl (C=O) groups is 2. The SMILES string of the molecule is O=C(Nc1nnc(SCc2cccs2)s1)C1CCN(C(=O)COc2ccccc2)CC1. The molecule has 0 radical (unpaired) electrons. The number of amides is 2. The lowest BCUT2D eigenvalue weighted by atomic mass is 9.96. The summed E-state index contributed by atoms with van der Waals surface area (Å²) in [6.07, 6.45) is 1.25. The fraction of sp³-hybridized carbons (Fsp3) is 0.333. The first-order valence-electron chi connectivity index (χ1n) is 9.92. The Bertz CT molecular complexity index is 986. The van der Waals surface area contributed by atoms with E-state index in [4.69, 9.17) is 4.74 Å². The monoisotopic (exact) mass is 474 g/mol.